The first kappa shape index (κ1) is 14.3. The highest BCUT2D eigenvalue weighted by Gasteiger charge is 2.08. The van der Waals surface area contributed by atoms with Gasteiger partial charge in [0.1, 0.15) is 18.2 Å². The first-order chi connectivity index (χ1) is 9.72. The predicted octanol–water partition coefficient (Wildman–Crippen LogP) is 3.21. The summed E-state index contributed by atoms with van der Waals surface area (Å²) in [6.45, 7) is 8.50. The van der Waals surface area contributed by atoms with Gasteiger partial charge in [-0.2, -0.15) is 0 Å². The Bertz CT molecular complexity index is 539. The number of anilines is 1. The van der Waals surface area contributed by atoms with Crippen LogP contribution in [0.4, 0.5) is 5.82 Å². The second kappa shape index (κ2) is 6.89. The standard InChI is InChI=1S/C16H21N3O/c1-4-19(5-2)16-11-13(3)17-15(18-16)12-20-14-9-7-6-8-10-14/h6-11H,4-5,12H2,1-3H3. The number of aryl methyl sites for hydroxylation is 1. The van der Waals surface area contributed by atoms with Gasteiger partial charge in [-0.15, -0.1) is 0 Å². The summed E-state index contributed by atoms with van der Waals surface area (Å²) in [7, 11) is 0. The molecule has 0 amide bonds. The molecule has 0 unspecified atom stereocenters. The van der Waals surface area contributed by atoms with Crippen molar-refractivity contribution in [3.8, 4) is 5.75 Å². The molecule has 1 heterocycles. The lowest BCUT2D eigenvalue weighted by atomic mass is 10.3. The SMILES string of the molecule is CCN(CC)c1cc(C)nc(COc2ccccc2)n1. The number of hydrogen-bond acceptors (Lipinski definition) is 4. The molecular formula is C16H21N3O. The van der Waals surface area contributed by atoms with Crippen LogP contribution in [0.25, 0.3) is 0 Å². The molecule has 0 N–H and O–H groups in total. The van der Waals surface area contributed by atoms with Crippen molar-refractivity contribution in [2.24, 2.45) is 0 Å². The summed E-state index contributed by atoms with van der Waals surface area (Å²) in [6, 6.07) is 11.7. The molecule has 0 atom stereocenters. The van der Waals surface area contributed by atoms with Crippen LogP contribution in [0.3, 0.4) is 0 Å². The van der Waals surface area contributed by atoms with E-state index in [1.54, 1.807) is 0 Å². The summed E-state index contributed by atoms with van der Waals surface area (Å²) in [4.78, 5) is 11.2. The van der Waals surface area contributed by atoms with Crippen LogP contribution in [0.2, 0.25) is 0 Å². The fourth-order valence-electron chi connectivity index (χ4n) is 2.05. The molecule has 0 aliphatic heterocycles. The summed E-state index contributed by atoms with van der Waals surface area (Å²) in [5.41, 5.74) is 0.966. The van der Waals surface area contributed by atoms with Crippen LogP contribution in [-0.2, 0) is 6.61 Å². The van der Waals surface area contributed by atoms with Crippen molar-refractivity contribution in [2.75, 3.05) is 18.0 Å². The molecule has 1 aromatic carbocycles. The first-order valence-corrected chi connectivity index (χ1v) is 7.00. The maximum Gasteiger partial charge on any atom is 0.168 e. The van der Waals surface area contributed by atoms with E-state index in [0.29, 0.717) is 6.61 Å². The number of rotatable bonds is 6. The Morgan fingerprint density at radius 1 is 1.05 bits per heavy atom. The van der Waals surface area contributed by atoms with Gasteiger partial charge in [0.05, 0.1) is 0 Å². The fraction of sp³-hybridized carbons (Fsp3) is 0.375. The molecule has 0 saturated carbocycles. The minimum Gasteiger partial charge on any atom is -0.486 e. The van der Waals surface area contributed by atoms with Crippen LogP contribution in [0.5, 0.6) is 5.75 Å². The molecule has 4 nitrogen and oxygen atoms in total. The van der Waals surface area contributed by atoms with E-state index in [1.807, 2.05) is 43.3 Å². The minimum absolute atomic E-state index is 0.389. The van der Waals surface area contributed by atoms with Crippen LogP contribution >= 0.6 is 0 Å². The lowest BCUT2D eigenvalue weighted by Crippen LogP contribution is -2.24. The van der Waals surface area contributed by atoms with Gasteiger partial charge in [0.15, 0.2) is 5.82 Å². The molecule has 0 radical (unpaired) electrons. The third-order valence-electron chi connectivity index (χ3n) is 3.09. The normalized spacial score (nSPS) is 10.3. The highest BCUT2D eigenvalue weighted by Crippen LogP contribution is 2.14. The highest BCUT2D eigenvalue weighted by atomic mass is 16.5. The number of ether oxygens (including phenoxy) is 1. The number of para-hydroxylation sites is 1. The lowest BCUT2D eigenvalue weighted by molar-refractivity contribution is 0.295. The Morgan fingerprint density at radius 2 is 1.75 bits per heavy atom. The molecule has 2 aromatic rings. The van der Waals surface area contributed by atoms with Crippen LogP contribution in [0, 0.1) is 6.92 Å². The Balaban J connectivity index is 2.12. The van der Waals surface area contributed by atoms with Crippen LogP contribution in [-0.4, -0.2) is 23.1 Å². The minimum atomic E-state index is 0.389. The summed E-state index contributed by atoms with van der Waals surface area (Å²) in [6.07, 6.45) is 0. The third kappa shape index (κ3) is 3.70. The molecule has 20 heavy (non-hydrogen) atoms. The number of hydrogen-bond donors (Lipinski definition) is 0. The van der Waals surface area contributed by atoms with Gasteiger partial charge in [0.2, 0.25) is 0 Å². The second-order valence-corrected chi connectivity index (χ2v) is 4.56. The van der Waals surface area contributed by atoms with Crippen molar-refractivity contribution in [3.63, 3.8) is 0 Å². The number of nitrogens with zero attached hydrogens (tertiary/aromatic N) is 3. The Kier molecular flexibility index (Phi) is 4.93. The zero-order valence-electron chi connectivity index (χ0n) is 12.3. The summed E-state index contributed by atoms with van der Waals surface area (Å²) >= 11 is 0. The van der Waals surface area contributed by atoms with Crippen molar-refractivity contribution in [1.82, 2.24) is 9.97 Å². The van der Waals surface area contributed by atoms with Crippen molar-refractivity contribution in [2.45, 2.75) is 27.4 Å². The van der Waals surface area contributed by atoms with E-state index >= 15 is 0 Å². The smallest absolute Gasteiger partial charge is 0.168 e. The summed E-state index contributed by atoms with van der Waals surface area (Å²) in [5.74, 6) is 2.52. The van der Waals surface area contributed by atoms with Gasteiger partial charge in [-0.25, -0.2) is 9.97 Å². The average Bonchev–Trinajstić information content (AvgIpc) is 2.47. The molecule has 0 fully saturated rings. The van der Waals surface area contributed by atoms with E-state index in [9.17, 15) is 0 Å². The van der Waals surface area contributed by atoms with E-state index in [2.05, 4.69) is 28.7 Å². The summed E-state index contributed by atoms with van der Waals surface area (Å²) in [5, 5.41) is 0. The van der Waals surface area contributed by atoms with Crippen molar-refractivity contribution < 1.29 is 4.74 Å². The van der Waals surface area contributed by atoms with Crippen LogP contribution in [0.15, 0.2) is 36.4 Å². The molecule has 1 aromatic heterocycles. The predicted molar refractivity (Wildman–Crippen MR) is 81.1 cm³/mol. The molecule has 106 valence electrons. The van der Waals surface area contributed by atoms with Crippen LogP contribution < -0.4 is 9.64 Å². The van der Waals surface area contributed by atoms with Gasteiger partial charge in [-0.05, 0) is 32.9 Å². The van der Waals surface area contributed by atoms with Crippen molar-refractivity contribution in [3.05, 3.63) is 47.9 Å². The van der Waals surface area contributed by atoms with E-state index in [1.165, 1.54) is 0 Å². The zero-order chi connectivity index (χ0) is 14.4. The first-order valence-electron chi connectivity index (χ1n) is 7.00. The molecular weight excluding hydrogens is 250 g/mol. The molecule has 4 heteroatoms. The number of aromatic nitrogens is 2. The maximum absolute atomic E-state index is 5.71. The molecule has 0 spiro atoms. The quantitative estimate of drug-likeness (QED) is 0.808. The van der Waals surface area contributed by atoms with Crippen LogP contribution in [0.1, 0.15) is 25.4 Å². The lowest BCUT2D eigenvalue weighted by Gasteiger charge is -2.20. The molecule has 0 bridgehead atoms. The van der Waals surface area contributed by atoms with Gasteiger partial charge < -0.3 is 9.64 Å². The van der Waals surface area contributed by atoms with E-state index in [-0.39, 0.29) is 0 Å². The van der Waals surface area contributed by atoms with Crippen molar-refractivity contribution >= 4 is 5.82 Å². The monoisotopic (exact) mass is 271 g/mol. The molecule has 0 aliphatic carbocycles. The molecule has 0 aliphatic rings. The van der Waals surface area contributed by atoms with E-state index in [0.717, 1.165) is 36.2 Å². The van der Waals surface area contributed by atoms with Gasteiger partial charge >= 0.3 is 0 Å². The van der Waals surface area contributed by atoms with Gasteiger partial charge in [0, 0.05) is 24.8 Å². The highest BCUT2D eigenvalue weighted by molar-refractivity contribution is 5.39. The van der Waals surface area contributed by atoms with Gasteiger partial charge in [-0.3, -0.25) is 0 Å². The van der Waals surface area contributed by atoms with E-state index in [4.69, 9.17) is 4.74 Å². The Morgan fingerprint density at radius 3 is 2.40 bits per heavy atom. The fourth-order valence-corrected chi connectivity index (χ4v) is 2.05. The molecule has 2 rings (SSSR count). The van der Waals surface area contributed by atoms with Gasteiger partial charge in [-0.1, -0.05) is 18.2 Å². The topological polar surface area (TPSA) is 38.2 Å². The Hall–Kier alpha value is -2.10. The van der Waals surface area contributed by atoms with Gasteiger partial charge in [0.25, 0.3) is 0 Å². The maximum atomic E-state index is 5.71. The second-order valence-electron chi connectivity index (χ2n) is 4.56. The van der Waals surface area contributed by atoms with Crippen molar-refractivity contribution in [1.29, 1.82) is 0 Å². The Labute approximate surface area is 120 Å². The van der Waals surface area contributed by atoms with E-state index < -0.39 is 0 Å². The number of benzene rings is 1. The largest absolute Gasteiger partial charge is 0.486 e. The summed E-state index contributed by atoms with van der Waals surface area (Å²) < 4.78 is 5.71. The average molecular weight is 271 g/mol. The zero-order valence-corrected chi connectivity index (χ0v) is 12.3. The molecule has 0 saturated heterocycles. The third-order valence-corrected chi connectivity index (χ3v) is 3.09.